The Balaban J connectivity index is 2.85. The number of nitrogens with zero attached hydrogens (tertiary/aromatic N) is 3. The Kier molecular flexibility index (Phi) is 1.79. The molecule has 1 rings (SSSR count). The molecular formula is C5H10N4. The van der Waals surface area contributed by atoms with Crippen molar-refractivity contribution in [3.05, 3.63) is 12.2 Å². The summed E-state index contributed by atoms with van der Waals surface area (Å²) in [6.07, 6.45) is 1.68. The largest absolute Gasteiger partial charge is 0.324 e. The van der Waals surface area contributed by atoms with E-state index in [2.05, 4.69) is 10.2 Å². The second-order valence-corrected chi connectivity index (χ2v) is 1.74. The summed E-state index contributed by atoms with van der Waals surface area (Å²) in [5, 5.41) is 7.49. The van der Waals surface area contributed by atoms with Crippen molar-refractivity contribution in [2.24, 2.45) is 5.73 Å². The second kappa shape index (κ2) is 2.59. The molecule has 4 heteroatoms. The lowest BCUT2D eigenvalue weighted by molar-refractivity contribution is 0.698. The van der Waals surface area contributed by atoms with Crippen molar-refractivity contribution in [3.63, 3.8) is 0 Å². The van der Waals surface area contributed by atoms with E-state index in [-0.39, 0.29) is 0 Å². The summed E-state index contributed by atoms with van der Waals surface area (Å²) in [7, 11) is 0. The maximum absolute atomic E-state index is 5.35. The maximum atomic E-state index is 5.35. The first-order chi connectivity index (χ1) is 4.38. The summed E-state index contributed by atoms with van der Waals surface area (Å²) < 4.78 is 1.92. The van der Waals surface area contributed by atoms with Gasteiger partial charge in [-0.3, -0.25) is 0 Å². The van der Waals surface area contributed by atoms with Gasteiger partial charge >= 0.3 is 0 Å². The smallest absolute Gasteiger partial charge is 0.146 e. The van der Waals surface area contributed by atoms with Crippen molar-refractivity contribution in [1.29, 1.82) is 0 Å². The molecule has 0 bridgehead atoms. The van der Waals surface area contributed by atoms with Crippen LogP contribution in [0, 0.1) is 0 Å². The van der Waals surface area contributed by atoms with E-state index >= 15 is 0 Å². The molecule has 9 heavy (non-hydrogen) atoms. The SMILES string of the molecule is CCn1cnnc1CN. The number of hydrogen-bond donors (Lipinski definition) is 1. The van der Waals surface area contributed by atoms with E-state index in [9.17, 15) is 0 Å². The standard InChI is InChI=1S/C5H10N4/c1-2-9-4-7-8-5(9)3-6/h4H,2-3,6H2,1H3. The molecule has 2 N–H and O–H groups in total. The van der Waals surface area contributed by atoms with Gasteiger partial charge < -0.3 is 10.3 Å². The topological polar surface area (TPSA) is 56.7 Å². The fraction of sp³-hybridized carbons (Fsp3) is 0.600. The van der Waals surface area contributed by atoms with Crippen molar-refractivity contribution in [2.75, 3.05) is 0 Å². The lowest BCUT2D eigenvalue weighted by Gasteiger charge is -1.96. The maximum Gasteiger partial charge on any atom is 0.146 e. The van der Waals surface area contributed by atoms with Gasteiger partial charge in [0.05, 0.1) is 6.54 Å². The van der Waals surface area contributed by atoms with Gasteiger partial charge in [0, 0.05) is 6.54 Å². The first kappa shape index (κ1) is 6.22. The van der Waals surface area contributed by atoms with E-state index in [1.165, 1.54) is 0 Å². The minimum Gasteiger partial charge on any atom is -0.324 e. The van der Waals surface area contributed by atoms with E-state index in [0.29, 0.717) is 6.54 Å². The van der Waals surface area contributed by atoms with E-state index in [4.69, 9.17) is 5.73 Å². The molecule has 0 amide bonds. The Morgan fingerprint density at radius 1 is 1.78 bits per heavy atom. The molecule has 1 heterocycles. The molecule has 0 fully saturated rings. The van der Waals surface area contributed by atoms with Gasteiger partial charge in [0.2, 0.25) is 0 Å². The third-order valence-electron chi connectivity index (χ3n) is 1.22. The lowest BCUT2D eigenvalue weighted by atomic mass is 10.6. The van der Waals surface area contributed by atoms with Crippen LogP contribution < -0.4 is 5.73 Å². The molecule has 1 aromatic heterocycles. The van der Waals surface area contributed by atoms with Crippen LogP contribution in [0.5, 0.6) is 0 Å². The number of hydrogen-bond acceptors (Lipinski definition) is 3. The van der Waals surface area contributed by atoms with Crippen LogP contribution in [0.15, 0.2) is 6.33 Å². The number of rotatable bonds is 2. The minimum atomic E-state index is 0.466. The lowest BCUT2D eigenvalue weighted by Crippen LogP contribution is -2.06. The molecule has 1 aromatic rings. The predicted molar refractivity (Wildman–Crippen MR) is 33.6 cm³/mol. The van der Waals surface area contributed by atoms with Crippen LogP contribution in [0.3, 0.4) is 0 Å². The molecule has 0 saturated carbocycles. The highest BCUT2D eigenvalue weighted by Gasteiger charge is 1.96. The zero-order valence-electron chi connectivity index (χ0n) is 5.41. The van der Waals surface area contributed by atoms with E-state index in [1.54, 1.807) is 6.33 Å². The molecule has 0 spiro atoms. The zero-order chi connectivity index (χ0) is 6.69. The Morgan fingerprint density at radius 2 is 2.56 bits per heavy atom. The Bertz CT molecular complexity index is 162. The van der Waals surface area contributed by atoms with Crippen molar-refractivity contribution in [3.8, 4) is 0 Å². The summed E-state index contributed by atoms with van der Waals surface area (Å²) in [6.45, 7) is 3.38. The molecule has 0 aliphatic rings. The summed E-state index contributed by atoms with van der Waals surface area (Å²) in [6, 6.07) is 0. The molecule has 50 valence electrons. The van der Waals surface area contributed by atoms with Crippen molar-refractivity contribution in [1.82, 2.24) is 14.8 Å². The first-order valence-electron chi connectivity index (χ1n) is 2.95. The first-order valence-corrected chi connectivity index (χ1v) is 2.95. The Labute approximate surface area is 53.7 Å². The fourth-order valence-electron chi connectivity index (χ4n) is 0.701. The van der Waals surface area contributed by atoms with Gasteiger partial charge in [-0.1, -0.05) is 0 Å². The monoisotopic (exact) mass is 126 g/mol. The molecule has 0 aliphatic heterocycles. The molecule has 0 saturated heterocycles. The van der Waals surface area contributed by atoms with Crippen LogP contribution in [0.1, 0.15) is 12.7 Å². The van der Waals surface area contributed by atoms with Crippen LogP contribution >= 0.6 is 0 Å². The highest BCUT2D eigenvalue weighted by Crippen LogP contribution is 1.90. The third kappa shape index (κ3) is 1.08. The quantitative estimate of drug-likeness (QED) is 0.594. The van der Waals surface area contributed by atoms with Gasteiger partial charge in [-0.15, -0.1) is 10.2 Å². The van der Waals surface area contributed by atoms with Gasteiger partial charge in [-0.25, -0.2) is 0 Å². The molecule has 4 nitrogen and oxygen atoms in total. The molecule has 0 aliphatic carbocycles. The van der Waals surface area contributed by atoms with Crippen LogP contribution in [0.2, 0.25) is 0 Å². The van der Waals surface area contributed by atoms with Gasteiger partial charge in [-0.2, -0.15) is 0 Å². The number of aryl methyl sites for hydroxylation is 1. The highest BCUT2D eigenvalue weighted by molar-refractivity contribution is 4.82. The molecule has 0 radical (unpaired) electrons. The van der Waals surface area contributed by atoms with Crippen molar-refractivity contribution >= 4 is 0 Å². The Morgan fingerprint density at radius 3 is 3.00 bits per heavy atom. The third-order valence-corrected chi connectivity index (χ3v) is 1.22. The minimum absolute atomic E-state index is 0.466. The molecular weight excluding hydrogens is 116 g/mol. The van der Waals surface area contributed by atoms with E-state index in [0.717, 1.165) is 12.4 Å². The second-order valence-electron chi connectivity index (χ2n) is 1.74. The normalized spacial score (nSPS) is 10.0. The van der Waals surface area contributed by atoms with E-state index in [1.807, 2.05) is 11.5 Å². The highest BCUT2D eigenvalue weighted by atomic mass is 15.3. The van der Waals surface area contributed by atoms with E-state index < -0.39 is 0 Å². The summed E-state index contributed by atoms with van der Waals surface area (Å²) in [4.78, 5) is 0. The molecule has 0 atom stereocenters. The number of aromatic nitrogens is 3. The van der Waals surface area contributed by atoms with Crippen LogP contribution in [0.25, 0.3) is 0 Å². The van der Waals surface area contributed by atoms with Gasteiger partial charge in [0.25, 0.3) is 0 Å². The average Bonchev–Trinajstić information content (AvgIpc) is 2.33. The van der Waals surface area contributed by atoms with Gasteiger partial charge in [-0.05, 0) is 6.92 Å². The molecule has 0 aromatic carbocycles. The fourth-order valence-corrected chi connectivity index (χ4v) is 0.701. The predicted octanol–water partition coefficient (Wildman–Crippen LogP) is -0.243. The van der Waals surface area contributed by atoms with Gasteiger partial charge in [0.1, 0.15) is 12.2 Å². The molecule has 0 unspecified atom stereocenters. The van der Waals surface area contributed by atoms with Crippen LogP contribution in [-0.4, -0.2) is 14.8 Å². The van der Waals surface area contributed by atoms with Crippen LogP contribution in [0.4, 0.5) is 0 Å². The number of nitrogens with two attached hydrogens (primary N) is 1. The average molecular weight is 126 g/mol. The van der Waals surface area contributed by atoms with Crippen LogP contribution in [-0.2, 0) is 13.1 Å². The Hall–Kier alpha value is -0.900. The van der Waals surface area contributed by atoms with Crippen molar-refractivity contribution < 1.29 is 0 Å². The van der Waals surface area contributed by atoms with Gasteiger partial charge in [0.15, 0.2) is 0 Å². The summed E-state index contributed by atoms with van der Waals surface area (Å²) in [5.74, 6) is 0.845. The summed E-state index contributed by atoms with van der Waals surface area (Å²) in [5.41, 5.74) is 5.35. The summed E-state index contributed by atoms with van der Waals surface area (Å²) >= 11 is 0. The van der Waals surface area contributed by atoms with Crippen molar-refractivity contribution in [2.45, 2.75) is 20.0 Å². The zero-order valence-corrected chi connectivity index (χ0v) is 5.41.